The summed E-state index contributed by atoms with van der Waals surface area (Å²) in [5, 5.41) is 2.98. The minimum absolute atomic E-state index is 0.0131. The van der Waals surface area contributed by atoms with Gasteiger partial charge in [-0.15, -0.1) is 0 Å². The van der Waals surface area contributed by atoms with Crippen molar-refractivity contribution < 1.29 is 28.7 Å². The van der Waals surface area contributed by atoms with Crippen molar-refractivity contribution in [2.45, 2.75) is 131 Å². The van der Waals surface area contributed by atoms with E-state index in [1.165, 1.54) is 12.7 Å². The van der Waals surface area contributed by atoms with Crippen molar-refractivity contribution in [1.82, 2.24) is 5.32 Å². The van der Waals surface area contributed by atoms with Crippen LogP contribution in [0.5, 0.6) is 0 Å². The van der Waals surface area contributed by atoms with Crippen LogP contribution in [0.15, 0.2) is 11.6 Å². The number of nitrogens with one attached hydrogen (secondary N) is 1. The van der Waals surface area contributed by atoms with E-state index in [-0.39, 0.29) is 52.1 Å². The Kier molecular flexibility index (Phi) is 8.96. The number of allylic oxidation sites excluding steroid dienone is 2. The van der Waals surface area contributed by atoms with Gasteiger partial charge in [0.1, 0.15) is 18.9 Å². The number of hydrogen-bond donors (Lipinski definition) is 1. The lowest BCUT2D eigenvalue weighted by molar-refractivity contribution is -0.192. The molecular formula is C37H57NO6. The summed E-state index contributed by atoms with van der Waals surface area (Å²) in [6, 6.07) is 0. The van der Waals surface area contributed by atoms with Crippen LogP contribution in [0, 0.1) is 50.7 Å². The Morgan fingerprint density at radius 2 is 1.70 bits per heavy atom. The summed E-state index contributed by atoms with van der Waals surface area (Å²) >= 11 is 0. The predicted octanol–water partition coefficient (Wildman–Crippen LogP) is 6.97. The molecular weight excluding hydrogens is 554 g/mol. The van der Waals surface area contributed by atoms with Crippen LogP contribution in [-0.2, 0) is 28.7 Å². The first-order valence-electron chi connectivity index (χ1n) is 17.4. The van der Waals surface area contributed by atoms with Gasteiger partial charge in [0.05, 0.1) is 12.5 Å². The van der Waals surface area contributed by atoms with Crippen molar-refractivity contribution in [3.63, 3.8) is 0 Å². The van der Waals surface area contributed by atoms with Crippen LogP contribution in [0.3, 0.4) is 0 Å². The maximum absolute atomic E-state index is 14.0. The molecule has 9 atom stereocenters. The van der Waals surface area contributed by atoms with Crippen molar-refractivity contribution in [1.29, 1.82) is 0 Å². The number of esters is 2. The number of ether oxygens (including phenoxy) is 2. The number of carbonyl (C=O) groups excluding carboxylic acids is 4. The van der Waals surface area contributed by atoms with Crippen molar-refractivity contribution >= 4 is 24.1 Å². The highest BCUT2D eigenvalue weighted by Crippen LogP contribution is 2.75. The van der Waals surface area contributed by atoms with Gasteiger partial charge in [-0.3, -0.25) is 14.4 Å². The van der Waals surface area contributed by atoms with Crippen LogP contribution in [0.25, 0.3) is 0 Å². The Hall–Kier alpha value is -2.18. The van der Waals surface area contributed by atoms with Gasteiger partial charge < -0.3 is 19.6 Å². The predicted molar refractivity (Wildman–Crippen MR) is 169 cm³/mol. The second-order valence-electron chi connectivity index (χ2n) is 16.7. The molecule has 1 N–H and O–H groups in total. The molecule has 5 aliphatic rings. The average Bonchev–Trinajstić information content (AvgIpc) is 2.97. The van der Waals surface area contributed by atoms with E-state index in [0.717, 1.165) is 70.5 Å². The Morgan fingerprint density at radius 1 is 0.977 bits per heavy atom. The standard InChI is InChI=1S/C37H57NO6/c1-24-25-13-16-36(6)29(34(25,4)15-14-28(24)44-30(40)10-8-9-21-39)12-11-26-27-22-33(2,3)17-19-37(27,20-18-35(26,36)5)32(42)38-23-31(41)43-7/h11,21,24-25,27-29H,8-10,12-20,22-23H2,1-7H3,(H,38,42)/t24?,25?,27?,28?,29?,34?,35-,36?,37?/m1/s1. The van der Waals surface area contributed by atoms with Gasteiger partial charge in [-0.25, -0.2) is 0 Å². The topological polar surface area (TPSA) is 98.8 Å². The molecule has 7 heteroatoms. The molecule has 0 radical (unpaired) electrons. The van der Waals surface area contributed by atoms with E-state index in [2.05, 4.69) is 52.9 Å². The molecule has 0 bridgehead atoms. The van der Waals surface area contributed by atoms with Crippen molar-refractivity contribution in [3.05, 3.63) is 11.6 Å². The molecule has 7 nitrogen and oxygen atoms in total. The molecule has 0 spiro atoms. The van der Waals surface area contributed by atoms with Crippen molar-refractivity contribution in [2.75, 3.05) is 13.7 Å². The highest BCUT2D eigenvalue weighted by atomic mass is 16.5. The number of unbranched alkanes of at least 4 members (excludes halogenated alkanes) is 1. The summed E-state index contributed by atoms with van der Waals surface area (Å²) in [5.41, 5.74) is 1.50. The molecule has 0 aromatic rings. The van der Waals surface area contributed by atoms with Crippen molar-refractivity contribution in [2.24, 2.45) is 50.7 Å². The molecule has 0 heterocycles. The minimum atomic E-state index is -0.471. The molecule has 0 aromatic heterocycles. The summed E-state index contributed by atoms with van der Waals surface area (Å²) < 4.78 is 10.9. The van der Waals surface area contributed by atoms with E-state index in [0.29, 0.717) is 37.0 Å². The molecule has 5 rings (SSSR count). The van der Waals surface area contributed by atoms with Gasteiger partial charge in [0.15, 0.2) is 0 Å². The highest BCUT2D eigenvalue weighted by Gasteiger charge is 2.68. The van der Waals surface area contributed by atoms with E-state index >= 15 is 0 Å². The highest BCUT2D eigenvalue weighted by molar-refractivity contribution is 5.87. The van der Waals surface area contributed by atoms with Gasteiger partial charge in [-0.1, -0.05) is 53.2 Å². The zero-order valence-corrected chi connectivity index (χ0v) is 28.4. The average molecular weight is 612 g/mol. The van der Waals surface area contributed by atoms with Gasteiger partial charge in [0, 0.05) is 12.8 Å². The van der Waals surface area contributed by atoms with E-state index in [9.17, 15) is 19.2 Å². The van der Waals surface area contributed by atoms with Crippen LogP contribution in [-0.4, -0.2) is 43.9 Å². The third-order valence-corrected chi connectivity index (χ3v) is 14.2. The smallest absolute Gasteiger partial charge is 0.325 e. The lowest BCUT2D eigenvalue weighted by Gasteiger charge is -2.70. The summed E-state index contributed by atoms with van der Waals surface area (Å²) in [5.74, 6) is 0.983. The molecule has 0 saturated heterocycles. The molecule has 4 fully saturated rings. The SMILES string of the molecule is COC(=O)CNC(=O)C12CCC(C)(C)CC1C1=CCC3C4(C)CCC(OC(=O)CCCC=O)C(C)C4CCC3(C)[C@]1(C)CC2. The molecule has 0 aromatic carbocycles. The fourth-order valence-electron chi connectivity index (χ4n) is 11.4. The molecule has 4 saturated carbocycles. The van der Waals surface area contributed by atoms with Crippen LogP contribution in [0.4, 0.5) is 0 Å². The zero-order chi connectivity index (χ0) is 32.1. The summed E-state index contributed by atoms with van der Waals surface area (Å²) in [7, 11) is 1.36. The van der Waals surface area contributed by atoms with Crippen LogP contribution >= 0.6 is 0 Å². The van der Waals surface area contributed by atoms with Gasteiger partial charge in [0.2, 0.25) is 5.91 Å². The zero-order valence-electron chi connectivity index (χ0n) is 28.4. The van der Waals surface area contributed by atoms with Crippen LogP contribution in [0.1, 0.15) is 125 Å². The first kappa shape index (κ1) is 33.2. The molecule has 5 aliphatic carbocycles. The molecule has 1 amide bonds. The van der Waals surface area contributed by atoms with Crippen LogP contribution < -0.4 is 5.32 Å². The maximum Gasteiger partial charge on any atom is 0.325 e. The van der Waals surface area contributed by atoms with Gasteiger partial charge in [-0.05, 0) is 116 Å². The first-order chi connectivity index (χ1) is 20.7. The Morgan fingerprint density at radius 3 is 2.41 bits per heavy atom. The number of carbonyl (C=O) groups is 4. The number of hydrogen-bond acceptors (Lipinski definition) is 6. The lowest BCUT2D eigenvalue weighted by atomic mass is 9.34. The second-order valence-corrected chi connectivity index (χ2v) is 16.7. The Bertz CT molecular complexity index is 1190. The quantitative estimate of drug-likeness (QED) is 0.138. The monoisotopic (exact) mass is 611 g/mol. The minimum Gasteiger partial charge on any atom is -0.468 e. The third-order valence-electron chi connectivity index (χ3n) is 14.2. The number of amides is 1. The largest absolute Gasteiger partial charge is 0.468 e. The van der Waals surface area contributed by atoms with Gasteiger partial charge in [0.25, 0.3) is 0 Å². The Balaban J connectivity index is 1.42. The lowest BCUT2D eigenvalue weighted by Crippen LogP contribution is -2.64. The molecule has 8 unspecified atom stereocenters. The van der Waals surface area contributed by atoms with Gasteiger partial charge in [-0.2, -0.15) is 0 Å². The molecule has 44 heavy (non-hydrogen) atoms. The Labute approximate surface area is 265 Å². The number of fused-ring (bicyclic) bond motifs is 7. The fourth-order valence-corrected chi connectivity index (χ4v) is 11.4. The normalized spacial score (nSPS) is 42.2. The van der Waals surface area contributed by atoms with E-state index < -0.39 is 11.4 Å². The van der Waals surface area contributed by atoms with Crippen LogP contribution in [0.2, 0.25) is 0 Å². The summed E-state index contributed by atoms with van der Waals surface area (Å²) in [4.78, 5) is 49.2. The maximum atomic E-state index is 14.0. The number of methoxy groups -OCH3 is 1. The van der Waals surface area contributed by atoms with Gasteiger partial charge >= 0.3 is 11.9 Å². The molecule has 0 aliphatic heterocycles. The summed E-state index contributed by atoms with van der Waals surface area (Å²) in [6.07, 6.45) is 14.7. The second kappa shape index (κ2) is 11.9. The first-order valence-corrected chi connectivity index (χ1v) is 17.4. The molecule has 246 valence electrons. The van der Waals surface area contributed by atoms with E-state index in [1.54, 1.807) is 0 Å². The number of rotatable bonds is 8. The number of aldehydes is 1. The third kappa shape index (κ3) is 5.26. The fraction of sp³-hybridized carbons (Fsp3) is 0.838. The summed E-state index contributed by atoms with van der Waals surface area (Å²) in [6.45, 7) is 14.5. The van der Waals surface area contributed by atoms with E-state index in [4.69, 9.17) is 9.47 Å². The van der Waals surface area contributed by atoms with Crippen molar-refractivity contribution in [3.8, 4) is 0 Å². The van der Waals surface area contributed by atoms with E-state index in [1.807, 2.05) is 0 Å².